The van der Waals surface area contributed by atoms with Gasteiger partial charge in [-0.3, -0.25) is 4.99 Å². The van der Waals surface area contributed by atoms with Crippen molar-refractivity contribution in [2.75, 3.05) is 13.3 Å². The first-order valence-corrected chi connectivity index (χ1v) is 11.0. The maximum Gasteiger partial charge on any atom is 0.162 e. The van der Waals surface area contributed by atoms with Crippen molar-refractivity contribution in [3.63, 3.8) is 0 Å². The smallest absolute Gasteiger partial charge is 0.162 e. The lowest BCUT2D eigenvalue weighted by atomic mass is 9.71. The molecule has 1 aromatic heterocycles. The van der Waals surface area contributed by atoms with Crippen LogP contribution in [0.2, 0.25) is 0 Å². The molecule has 0 radical (unpaired) electrons. The van der Waals surface area contributed by atoms with Crippen LogP contribution in [-0.2, 0) is 4.74 Å². The average molecular weight is 432 g/mol. The van der Waals surface area contributed by atoms with Crippen LogP contribution in [0.15, 0.2) is 44.0 Å². The topological polar surface area (TPSA) is 136 Å². The molecule has 1 fully saturated rings. The molecule has 0 amide bonds. The first-order chi connectivity index (χ1) is 14.5. The van der Waals surface area contributed by atoms with E-state index in [0.29, 0.717) is 11.5 Å². The summed E-state index contributed by atoms with van der Waals surface area (Å²) in [7, 11) is 0. The minimum absolute atomic E-state index is 0.00255. The van der Waals surface area contributed by atoms with Crippen molar-refractivity contribution in [3.05, 3.63) is 34.5 Å². The van der Waals surface area contributed by atoms with Gasteiger partial charge in [-0.15, -0.1) is 0 Å². The molecule has 0 bridgehead atoms. The van der Waals surface area contributed by atoms with Gasteiger partial charge in [-0.1, -0.05) is 12.2 Å². The molecule has 1 unspecified atom stereocenters. The molecule has 0 saturated carbocycles. The first kappa shape index (κ1) is 20.0. The summed E-state index contributed by atoms with van der Waals surface area (Å²) in [5, 5.41) is 34.2. The number of amidine groups is 1. The number of aliphatic imine (C=N–C) groups is 3. The predicted octanol–water partition coefficient (Wildman–Crippen LogP) is 0.0464. The minimum atomic E-state index is -1.19. The number of allylic oxidation sites excluding steroid dienone is 2. The monoisotopic (exact) mass is 431 g/mol. The van der Waals surface area contributed by atoms with E-state index in [1.807, 2.05) is 0 Å². The van der Waals surface area contributed by atoms with Gasteiger partial charge in [0.15, 0.2) is 17.7 Å². The molecule has 1 aromatic rings. The second-order valence-electron chi connectivity index (χ2n) is 8.08. The highest BCUT2D eigenvalue weighted by molar-refractivity contribution is 7.08. The summed E-state index contributed by atoms with van der Waals surface area (Å²) < 4.78 is 5.69. The summed E-state index contributed by atoms with van der Waals surface area (Å²) in [5.74, 6) is 0.720. The van der Waals surface area contributed by atoms with E-state index in [1.165, 1.54) is 11.9 Å². The molecule has 160 valence electrons. The van der Waals surface area contributed by atoms with Gasteiger partial charge in [-0.25, -0.2) is 9.98 Å². The Morgan fingerprint density at radius 1 is 1.27 bits per heavy atom. The summed E-state index contributed by atoms with van der Waals surface area (Å²) in [5.41, 5.74) is 7.70. The molecule has 1 aliphatic carbocycles. The fourth-order valence-electron chi connectivity index (χ4n) is 4.87. The van der Waals surface area contributed by atoms with E-state index in [4.69, 9.17) is 10.5 Å². The van der Waals surface area contributed by atoms with Gasteiger partial charge in [0.25, 0.3) is 0 Å². The van der Waals surface area contributed by atoms with Crippen LogP contribution in [0.3, 0.4) is 0 Å². The van der Waals surface area contributed by atoms with E-state index >= 15 is 0 Å². The van der Waals surface area contributed by atoms with Gasteiger partial charge in [-0.2, -0.15) is 11.3 Å². The van der Waals surface area contributed by atoms with Gasteiger partial charge in [0.05, 0.1) is 6.61 Å². The molecule has 5 N–H and O–H groups in total. The quantitative estimate of drug-likeness (QED) is 0.497. The summed E-state index contributed by atoms with van der Waals surface area (Å²) >= 11 is 1.67. The molecule has 30 heavy (non-hydrogen) atoms. The number of aliphatic hydroxyl groups excluding tert-OH is 3. The van der Waals surface area contributed by atoms with E-state index < -0.39 is 30.2 Å². The summed E-state index contributed by atoms with van der Waals surface area (Å²) in [6, 6.07) is 2.13. The van der Waals surface area contributed by atoms with Gasteiger partial charge in [0.1, 0.15) is 37.0 Å². The largest absolute Gasteiger partial charge is 0.394 e. The molecule has 7 atom stereocenters. The third kappa shape index (κ3) is 2.98. The van der Waals surface area contributed by atoms with Crippen molar-refractivity contribution in [2.24, 2.45) is 26.6 Å². The Morgan fingerprint density at radius 2 is 2.10 bits per heavy atom. The third-order valence-electron chi connectivity index (χ3n) is 6.49. The Balaban J connectivity index is 1.44. The second kappa shape index (κ2) is 7.63. The third-order valence-corrected chi connectivity index (χ3v) is 7.19. The van der Waals surface area contributed by atoms with Crippen LogP contribution in [0.4, 0.5) is 0 Å². The Morgan fingerprint density at radius 3 is 2.83 bits per heavy atom. The molecule has 9 nitrogen and oxygen atoms in total. The number of hydrogen-bond donors (Lipinski definition) is 4. The van der Waals surface area contributed by atoms with Crippen LogP contribution >= 0.6 is 11.3 Å². The van der Waals surface area contributed by atoms with Crippen molar-refractivity contribution in [3.8, 4) is 0 Å². The fraction of sp³-hybridized carbons (Fsp3) is 0.550. The molecule has 0 spiro atoms. The predicted molar refractivity (Wildman–Crippen MR) is 114 cm³/mol. The molecule has 0 aromatic carbocycles. The second-order valence-corrected chi connectivity index (χ2v) is 8.86. The fourth-order valence-corrected chi connectivity index (χ4v) is 5.59. The van der Waals surface area contributed by atoms with Gasteiger partial charge in [0, 0.05) is 5.92 Å². The maximum atomic E-state index is 10.4. The van der Waals surface area contributed by atoms with Gasteiger partial charge in [-0.05, 0) is 41.1 Å². The lowest BCUT2D eigenvalue weighted by Crippen LogP contribution is -2.60. The van der Waals surface area contributed by atoms with Crippen LogP contribution < -0.4 is 5.73 Å². The highest BCUT2D eigenvalue weighted by Crippen LogP contribution is 2.43. The number of fused-ring (bicyclic) bond motifs is 1. The van der Waals surface area contributed by atoms with E-state index in [-0.39, 0.29) is 25.1 Å². The number of ether oxygens (including phenoxy) is 1. The Kier molecular flexibility index (Phi) is 5.08. The van der Waals surface area contributed by atoms with E-state index in [2.05, 4.69) is 44.0 Å². The van der Waals surface area contributed by atoms with Crippen molar-refractivity contribution in [2.45, 2.75) is 49.0 Å². The standard InChI is InChI=1S/C20H25N5O4S/c21-20(13-4-2-1-3-12(13)11-5-6-30-8-11)17-18(22-9-24-20)25(10-23-17)19-16(28)15(27)14(7-26)29-19/h1-2,5-6,8-9,12-16,19,26-28H,3-4,7,10,21H2/t12-,13+,14+,15+,16+,19+,20?/m0/s1. The SMILES string of the molecule is NC1([C@@H]2CC=CC[C@H]2c2ccsc2)N=CN=C2C1=NCN2[C@@H]1O[C@H](CO)[C@@H](O)[C@H]1O. The molecule has 3 aliphatic heterocycles. The lowest BCUT2D eigenvalue weighted by Gasteiger charge is -2.41. The number of nitrogens with zero attached hydrogens (tertiary/aromatic N) is 4. The Labute approximate surface area is 177 Å². The van der Waals surface area contributed by atoms with Gasteiger partial charge >= 0.3 is 0 Å². The molecule has 1 saturated heterocycles. The zero-order valence-corrected chi connectivity index (χ0v) is 17.1. The summed E-state index contributed by atoms with van der Waals surface area (Å²) in [6.07, 6.45) is 3.33. The number of rotatable bonds is 4. The lowest BCUT2D eigenvalue weighted by molar-refractivity contribution is -0.0688. The molecular formula is C20H25N5O4S. The summed E-state index contributed by atoms with van der Waals surface area (Å²) in [6.45, 7) is -0.198. The van der Waals surface area contributed by atoms with Crippen molar-refractivity contribution < 1.29 is 20.1 Å². The van der Waals surface area contributed by atoms with E-state index in [9.17, 15) is 15.3 Å². The van der Waals surface area contributed by atoms with Crippen LogP contribution in [0.1, 0.15) is 24.3 Å². The zero-order chi connectivity index (χ0) is 20.9. The first-order valence-electron chi connectivity index (χ1n) is 10.1. The molecule has 4 heterocycles. The summed E-state index contributed by atoms with van der Waals surface area (Å²) in [4.78, 5) is 15.3. The van der Waals surface area contributed by atoms with E-state index in [0.717, 1.165) is 12.8 Å². The molecule has 4 aliphatic rings. The zero-order valence-electron chi connectivity index (χ0n) is 16.3. The van der Waals surface area contributed by atoms with Crippen LogP contribution in [0.5, 0.6) is 0 Å². The Hall–Kier alpha value is -1.95. The van der Waals surface area contributed by atoms with Gasteiger partial charge < -0.3 is 30.7 Å². The molecule has 5 rings (SSSR count). The number of nitrogens with two attached hydrogens (primary N) is 1. The highest BCUT2D eigenvalue weighted by atomic mass is 32.1. The van der Waals surface area contributed by atoms with Crippen LogP contribution in [-0.4, -0.2) is 81.6 Å². The Bertz CT molecular complexity index is 916. The van der Waals surface area contributed by atoms with Crippen molar-refractivity contribution >= 4 is 29.2 Å². The van der Waals surface area contributed by atoms with Crippen LogP contribution in [0.25, 0.3) is 0 Å². The number of hydrogen-bond acceptors (Lipinski definition) is 10. The number of thiophene rings is 1. The van der Waals surface area contributed by atoms with Crippen molar-refractivity contribution in [1.82, 2.24) is 4.90 Å². The van der Waals surface area contributed by atoms with Crippen molar-refractivity contribution in [1.29, 1.82) is 0 Å². The van der Waals surface area contributed by atoms with Gasteiger partial charge in [0.2, 0.25) is 0 Å². The normalized spacial score (nSPS) is 40.5. The maximum absolute atomic E-state index is 10.4. The van der Waals surface area contributed by atoms with E-state index in [1.54, 1.807) is 16.2 Å². The number of aliphatic hydroxyl groups is 3. The van der Waals surface area contributed by atoms with Crippen LogP contribution in [0, 0.1) is 5.92 Å². The minimum Gasteiger partial charge on any atom is -0.394 e. The average Bonchev–Trinajstić information content (AvgIpc) is 3.50. The molecule has 10 heteroatoms. The molecular weight excluding hydrogens is 406 g/mol. The highest BCUT2D eigenvalue weighted by Gasteiger charge is 2.53.